The molecular weight excluding hydrogens is 415 g/mol. The predicted molar refractivity (Wildman–Crippen MR) is 96.2 cm³/mol. The van der Waals surface area contributed by atoms with Crippen molar-refractivity contribution < 1.29 is 9.59 Å². The van der Waals surface area contributed by atoms with E-state index in [9.17, 15) is 9.59 Å². The Balaban J connectivity index is 1.97. The number of carbonyl (C=O) groups excluding carboxylic acids is 2. The molecule has 0 unspecified atom stereocenters. The number of rotatable bonds is 4. The highest BCUT2D eigenvalue weighted by Gasteiger charge is 2.15. The second-order valence-electron chi connectivity index (χ2n) is 4.70. The van der Waals surface area contributed by atoms with E-state index in [4.69, 9.17) is 11.6 Å². The molecule has 0 fully saturated rings. The van der Waals surface area contributed by atoms with Crippen molar-refractivity contribution in [3.05, 3.63) is 62.7 Å². The third-order valence-corrected chi connectivity index (χ3v) is 4.02. The maximum absolute atomic E-state index is 12.2. The van der Waals surface area contributed by atoms with E-state index in [0.29, 0.717) is 16.3 Å². The summed E-state index contributed by atoms with van der Waals surface area (Å²) >= 11 is 8.15. The molecule has 0 saturated heterocycles. The minimum absolute atomic E-state index is 0.0456. The van der Waals surface area contributed by atoms with Gasteiger partial charge in [0.25, 0.3) is 5.91 Å². The molecule has 0 aliphatic carbocycles. The Hall–Kier alpha value is -1.60. The van der Waals surface area contributed by atoms with Gasteiger partial charge >= 0.3 is 0 Å². The first-order valence-corrected chi connectivity index (χ1v) is 7.98. The number of halogens is 2. The van der Waals surface area contributed by atoms with Crippen molar-refractivity contribution in [1.82, 2.24) is 4.90 Å². The number of hydrogen-bond acceptors (Lipinski definition) is 2. The number of likely N-dealkylation sites (N-methyl/N-ethyl adjacent to an activating group) is 1. The zero-order valence-corrected chi connectivity index (χ0v) is 14.8. The molecule has 0 aliphatic heterocycles. The molecule has 2 aromatic carbocycles. The van der Waals surface area contributed by atoms with Crippen molar-refractivity contribution in [2.75, 3.05) is 18.9 Å². The number of amides is 2. The predicted octanol–water partition coefficient (Wildman–Crippen LogP) is 3.66. The molecule has 4 nitrogen and oxygen atoms in total. The van der Waals surface area contributed by atoms with Crippen LogP contribution in [0.5, 0.6) is 0 Å². The molecule has 6 heteroatoms. The molecule has 22 heavy (non-hydrogen) atoms. The fraction of sp³-hybridized carbons (Fsp3) is 0.125. The Morgan fingerprint density at radius 2 is 1.77 bits per heavy atom. The van der Waals surface area contributed by atoms with E-state index in [0.717, 1.165) is 3.57 Å². The van der Waals surface area contributed by atoms with Crippen molar-refractivity contribution in [3.8, 4) is 0 Å². The molecule has 0 radical (unpaired) electrons. The van der Waals surface area contributed by atoms with Crippen molar-refractivity contribution in [1.29, 1.82) is 0 Å². The zero-order valence-electron chi connectivity index (χ0n) is 11.8. The maximum atomic E-state index is 12.2. The fourth-order valence-electron chi connectivity index (χ4n) is 1.85. The van der Waals surface area contributed by atoms with Crippen LogP contribution in [0.1, 0.15) is 10.4 Å². The first-order valence-electron chi connectivity index (χ1n) is 6.53. The molecule has 2 aromatic rings. The second-order valence-corrected chi connectivity index (χ2v) is 6.35. The van der Waals surface area contributed by atoms with Gasteiger partial charge in [-0.2, -0.15) is 0 Å². The van der Waals surface area contributed by atoms with E-state index < -0.39 is 0 Å². The fourth-order valence-corrected chi connectivity index (χ4v) is 2.39. The van der Waals surface area contributed by atoms with Crippen molar-refractivity contribution in [3.63, 3.8) is 0 Å². The van der Waals surface area contributed by atoms with Crippen LogP contribution in [0.2, 0.25) is 5.02 Å². The average Bonchev–Trinajstić information content (AvgIpc) is 2.49. The van der Waals surface area contributed by atoms with Crippen LogP contribution >= 0.6 is 34.2 Å². The molecule has 0 aliphatic rings. The van der Waals surface area contributed by atoms with Crippen LogP contribution in [0.3, 0.4) is 0 Å². The van der Waals surface area contributed by atoms with E-state index >= 15 is 0 Å². The highest BCUT2D eigenvalue weighted by molar-refractivity contribution is 14.1. The topological polar surface area (TPSA) is 49.4 Å². The van der Waals surface area contributed by atoms with Gasteiger partial charge < -0.3 is 10.2 Å². The number of nitrogens with zero attached hydrogens (tertiary/aromatic N) is 1. The molecule has 0 spiro atoms. The Bertz CT molecular complexity index is 689. The monoisotopic (exact) mass is 428 g/mol. The largest absolute Gasteiger partial charge is 0.332 e. The number of benzene rings is 2. The molecule has 0 atom stereocenters. The summed E-state index contributed by atoms with van der Waals surface area (Å²) in [5.41, 5.74) is 1.08. The summed E-state index contributed by atoms with van der Waals surface area (Å²) in [7, 11) is 1.59. The van der Waals surface area contributed by atoms with Gasteiger partial charge in [0, 0.05) is 16.2 Å². The van der Waals surface area contributed by atoms with Gasteiger partial charge in [0.2, 0.25) is 5.91 Å². The summed E-state index contributed by atoms with van der Waals surface area (Å²) in [5.74, 6) is -0.500. The van der Waals surface area contributed by atoms with Gasteiger partial charge in [0.15, 0.2) is 0 Å². The van der Waals surface area contributed by atoms with Crippen molar-refractivity contribution in [2.45, 2.75) is 0 Å². The summed E-state index contributed by atoms with van der Waals surface area (Å²) < 4.78 is 1.05. The smallest absolute Gasteiger partial charge is 0.254 e. The quantitative estimate of drug-likeness (QED) is 0.756. The van der Waals surface area contributed by atoms with Gasteiger partial charge in [0.1, 0.15) is 0 Å². The maximum Gasteiger partial charge on any atom is 0.254 e. The second kappa shape index (κ2) is 7.60. The number of hydrogen-bond donors (Lipinski definition) is 1. The molecule has 0 aromatic heterocycles. The van der Waals surface area contributed by atoms with Crippen LogP contribution in [-0.4, -0.2) is 30.3 Å². The lowest BCUT2D eigenvalue weighted by atomic mass is 10.2. The van der Waals surface area contributed by atoms with Gasteiger partial charge in [-0.25, -0.2) is 0 Å². The van der Waals surface area contributed by atoms with E-state index in [1.807, 2.05) is 12.1 Å². The summed E-state index contributed by atoms with van der Waals surface area (Å²) in [6.07, 6.45) is 0. The minimum atomic E-state index is -0.297. The lowest BCUT2D eigenvalue weighted by Crippen LogP contribution is -2.34. The SMILES string of the molecule is CN(CC(=O)Nc1ccccc1Cl)C(=O)c1ccc(I)cc1. The summed E-state index contributed by atoms with van der Waals surface area (Å²) in [4.78, 5) is 25.6. The average molecular weight is 429 g/mol. The number of para-hydroxylation sites is 1. The molecule has 2 rings (SSSR count). The molecular formula is C16H14ClIN2O2. The van der Waals surface area contributed by atoms with E-state index in [1.165, 1.54) is 4.90 Å². The van der Waals surface area contributed by atoms with E-state index in [2.05, 4.69) is 27.9 Å². The van der Waals surface area contributed by atoms with Crippen LogP contribution in [0, 0.1) is 3.57 Å². The van der Waals surface area contributed by atoms with Gasteiger partial charge in [-0.15, -0.1) is 0 Å². The Morgan fingerprint density at radius 3 is 2.41 bits per heavy atom. The summed E-state index contributed by atoms with van der Waals surface area (Å²) in [5, 5.41) is 3.15. The Morgan fingerprint density at radius 1 is 1.14 bits per heavy atom. The summed E-state index contributed by atoms with van der Waals surface area (Å²) in [6, 6.07) is 14.2. The highest BCUT2D eigenvalue weighted by atomic mass is 127. The van der Waals surface area contributed by atoms with Gasteiger partial charge in [-0.1, -0.05) is 23.7 Å². The normalized spacial score (nSPS) is 10.1. The van der Waals surface area contributed by atoms with E-state index in [1.54, 1.807) is 43.4 Å². The minimum Gasteiger partial charge on any atom is -0.332 e. The van der Waals surface area contributed by atoms with Crippen LogP contribution in [0.4, 0.5) is 5.69 Å². The molecule has 0 saturated carbocycles. The third-order valence-electron chi connectivity index (χ3n) is 2.97. The third kappa shape index (κ3) is 4.45. The first-order chi connectivity index (χ1) is 10.5. The lowest BCUT2D eigenvalue weighted by molar-refractivity contribution is -0.116. The van der Waals surface area contributed by atoms with Crippen LogP contribution in [-0.2, 0) is 4.79 Å². The van der Waals surface area contributed by atoms with Crippen LogP contribution in [0.25, 0.3) is 0 Å². The molecule has 2 amide bonds. The van der Waals surface area contributed by atoms with E-state index in [-0.39, 0.29) is 18.4 Å². The van der Waals surface area contributed by atoms with Gasteiger partial charge in [-0.3, -0.25) is 9.59 Å². The van der Waals surface area contributed by atoms with Crippen LogP contribution in [0.15, 0.2) is 48.5 Å². The van der Waals surface area contributed by atoms with Crippen molar-refractivity contribution >= 4 is 51.7 Å². The van der Waals surface area contributed by atoms with Gasteiger partial charge in [0.05, 0.1) is 17.3 Å². The Kier molecular flexibility index (Phi) is 5.79. The van der Waals surface area contributed by atoms with Gasteiger partial charge in [-0.05, 0) is 59.0 Å². The molecule has 1 N–H and O–H groups in total. The molecule has 0 bridgehead atoms. The number of carbonyl (C=O) groups is 2. The number of anilines is 1. The summed E-state index contributed by atoms with van der Waals surface area (Å²) in [6.45, 7) is -0.0456. The van der Waals surface area contributed by atoms with Crippen molar-refractivity contribution in [2.24, 2.45) is 0 Å². The highest BCUT2D eigenvalue weighted by Crippen LogP contribution is 2.20. The molecule has 0 heterocycles. The Labute approximate surface area is 147 Å². The zero-order chi connectivity index (χ0) is 16.1. The van der Waals surface area contributed by atoms with Crippen LogP contribution < -0.4 is 5.32 Å². The molecule has 114 valence electrons. The number of nitrogens with one attached hydrogen (secondary N) is 1. The lowest BCUT2D eigenvalue weighted by Gasteiger charge is -2.17. The first kappa shape index (κ1) is 16.8. The standard InChI is InChI=1S/C16H14ClIN2O2/c1-20(16(22)11-6-8-12(18)9-7-11)10-15(21)19-14-5-3-2-4-13(14)17/h2-9H,10H2,1H3,(H,19,21).